The molecule has 0 amide bonds. The van der Waals surface area contributed by atoms with Gasteiger partial charge in [0.15, 0.2) is 0 Å². The van der Waals surface area contributed by atoms with Gasteiger partial charge in [-0.1, -0.05) is 6.92 Å². The van der Waals surface area contributed by atoms with Crippen LogP contribution in [0.4, 0.5) is 0 Å². The van der Waals surface area contributed by atoms with Gasteiger partial charge in [-0.05, 0) is 43.6 Å². The predicted octanol–water partition coefficient (Wildman–Crippen LogP) is 1.82. The first-order valence-corrected chi connectivity index (χ1v) is 6.15. The van der Waals surface area contributed by atoms with E-state index >= 15 is 0 Å². The molecule has 0 bridgehead atoms. The number of amidine groups is 1. The van der Waals surface area contributed by atoms with Crippen molar-refractivity contribution in [2.45, 2.75) is 39.0 Å². The average molecular weight is 209 g/mol. The third-order valence-electron chi connectivity index (χ3n) is 3.82. The van der Waals surface area contributed by atoms with Crippen molar-refractivity contribution in [3.8, 4) is 0 Å². The van der Waals surface area contributed by atoms with Gasteiger partial charge in [-0.2, -0.15) is 0 Å². The first-order valence-electron chi connectivity index (χ1n) is 6.15. The van der Waals surface area contributed by atoms with Gasteiger partial charge >= 0.3 is 0 Å². The molecule has 15 heavy (non-hydrogen) atoms. The van der Waals surface area contributed by atoms with Crippen molar-refractivity contribution < 1.29 is 0 Å². The molecule has 1 saturated heterocycles. The van der Waals surface area contributed by atoms with Crippen LogP contribution >= 0.6 is 0 Å². The van der Waals surface area contributed by atoms with Gasteiger partial charge < -0.3 is 10.6 Å². The molecule has 3 N–H and O–H groups in total. The number of likely N-dealkylation sites (tertiary alicyclic amines) is 1. The molecular weight excluding hydrogens is 186 g/mol. The first kappa shape index (κ1) is 10.9. The van der Waals surface area contributed by atoms with Gasteiger partial charge in [-0.3, -0.25) is 5.41 Å². The van der Waals surface area contributed by atoms with Crippen LogP contribution in [0.25, 0.3) is 0 Å². The minimum absolute atomic E-state index is 0.373. The standard InChI is InChI=1S/C12H23N3/c1-10-3-2-6-15(8-10)9-12(4-5-12)7-11(13)14/h10H,2-9H2,1H3,(H3,13,14). The Morgan fingerprint density at radius 3 is 2.80 bits per heavy atom. The molecule has 2 fully saturated rings. The number of nitrogens with two attached hydrogens (primary N) is 1. The van der Waals surface area contributed by atoms with Crippen molar-refractivity contribution in [2.75, 3.05) is 19.6 Å². The van der Waals surface area contributed by atoms with Crippen molar-refractivity contribution in [3.63, 3.8) is 0 Å². The lowest BCUT2D eigenvalue weighted by Gasteiger charge is -2.33. The van der Waals surface area contributed by atoms with Crippen molar-refractivity contribution in [3.05, 3.63) is 0 Å². The molecule has 0 aromatic heterocycles. The fraction of sp³-hybridized carbons (Fsp3) is 0.917. The van der Waals surface area contributed by atoms with E-state index in [-0.39, 0.29) is 0 Å². The summed E-state index contributed by atoms with van der Waals surface area (Å²) in [5.41, 5.74) is 5.91. The normalized spacial score (nSPS) is 30.1. The average Bonchev–Trinajstić information content (AvgIpc) is 2.83. The summed E-state index contributed by atoms with van der Waals surface area (Å²) in [4.78, 5) is 2.59. The molecule has 1 saturated carbocycles. The van der Waals surface area contributed by atoms with Gasteiger partial charge in [0.1, 0.15) is 0 Å². The maximum absolute atomic E-state index is 7.41. The Kier molecular flexibility index (Phi) is 3.01. The van der Waals surface area contributed by atoms with E-state index in [1.807, 2.05) is 0 Å². The van der Waals surface area contributed by atoms with Gasteiger partial charge in [0.05, 0.1) is 5.84 Å². The summed E-state index contributed by atoms with van der Waals surface area (Å²) in [5, 5.41) is 7.41. The van der Waals surface area contributed by atoms with Crippen LogP contribution in [-0.2, 0) is 0 Å². The van der Waals surface area contributed by atoms with Gasteiger partial charge in [-0.15, -0.1) is 0 Å². The van der Waals surface area contributed by atoms with E-state index in [0.717, 1.165) is 12.3 Å². The first-order chi connectivity index (χ1) is 7.10. The molecule has 1 heterocycles. The van der Waals surface area contributed by atoms with Crippen LogP contribution in [0, 0.1) is 16.7 Å². The Balaban J connectivity index is 1.83. The highest BCUT2D eigenvalue weighted by molar-refractivity contribution is 5.78. The number of piperidine rings is 1. The second-order valence-corrected chi connectivity index (χ2v) is 5.68. The topological polar surface area (TPSA) is 53.1 Å². The number of rotatable bonds is 4. The second kappa shape index (κ2) is 4.12. The molecule has 0 aromatic carbocycles. The molecule has 3 heteroatoms. The summed E-state index contributed by atoms with van der Waals surface area (Å²) < 4.78 is 0. The van der Waals surface area contributed by atoms with Crippen molar-refractivity contribution in [1.82, 2.24) is 4.90 Å². The second-order valence-electron chi connectivity index (χ2n) is 5.68. The Labute approximate surface area is 92.5 Å². The van der Waals surface area contributed by atoms with E-state index in [2.05, 4.69) is 11.8 Å². The molecule has 3 nitrogen and oxygen atoms in total. The molecular formula is C12H23N3. The van der Waals surface area contributed by atoms with Crippen molar-refractivity contribution >= 4 is 5.84 Å². The predicted molar refractivity (Wildman–Crippen MR) is 63.0 cm³/mol. The van der Waals surface area contributed by atoms with Crippen LogP contribution in [-0.4, -0.2) is 30.4 Å². The Morgan fingerprint density at radius 2 is 2.27 bits per heavy atom. The fourth-order valence-electron chi connectivity index (χ4n) is 2.88. The summed E-state index contributed by atoms with van der Waals surface area (Å²) >= 11 is 0. The Bertz CT molecular complexity index is 245. The molecule has 86 valence electrons. The highest BCUT2D eigenvalue weighted by Gasteiger charge is 2.44. The molecule has 1 aliphatic carbocycles. The highest BCUT2D eigenvalue weighted by atomic mass is 15.1. The van der Waals surface area contributed by atoms with E-state index < -0.39 is 0 Å². The summed E-state index contributed by atoms with van der Waals surface area (Å²) in [6.07, 6.45) is 6.10. The molecule has 0 radical (unpaired) electrons. The summed E-state index contributed by atoms with van der Waals surface area (Å²) in [7, 11) is 0. The summed E-state index contributed by atoms with van der Waals surface area (Å²) in [6, 6.07) is 0. The molecule has 2 aliphatic rings. The van der Waals surface area contributed by atoms with Crippen LogP contribution in [0.3, 0.4) is 0 Å². The monoisotopic (exact) mass is 209 g/mol. The van der Waals surface area contributed by atoms with Gasteiger partial charge in [0.25, 0.3) is 0 Å². The quantitative estimate of drug-likeness (QED) is 0.548. The van der Waals surface area contributed by atoms with E-state index in [1.54, 1.807) is 0 Å². The number of nitrogens with one attached hydrogen (secondary N) is 1. The van der Waals surface area contributed by atoms with Crippen LogP contribution < -0.4 is 5.73 Å². The highest BCUT2D eigenvalue weighted by Crippen LogP contribution is 2.49. The third-order valence-corrected chi connectivity index (χ3v) is 3.82. The Hall–Kier alpha value is -0.570. The van der Waals surface area contributed by atoms with E-state index in [0.29, 0.717) is 11.3 Å². The smallest absolute Gasteiger partial charge is 0.0911 e. The number of hydrogen-bond acceptors (Lipinski definition) is 2. The molecule has 1 aliphatic heterocycles. The lowest BCUT2D eigenvalue weighted by molar-refractivity contribution is 0.153. The van der Waals surface area contributed by atoms with Crippen molar-refractivity contribution in [2.24, 2.45) is 17.1 Å². The van der Waals surface area contributed by atoms with E-state index in [9.17, 15) is 0 Å². The number of hydrogen-bond donors (Lipinski definition) is 2. The van der Waals surface area contributed by atoms with E-state index in [1.165, 1.54) is 45.3 Å². The number of nitrogens with zero attached hydrogens (tertiary/aromatic N) is 1. The van der Waals surface area contributed by atoms with E-state index in [4.69, 9.17) is 11.1 Å². The molecule has 0 aromatic rings. The largest absolute Gasteiger partial charge is 0.388 e. The van der Waals surface area contributed by atoms with Gasteiger partial charge in [0.2, 0.25) is 0 Å². The van der Waals surface area contributed by atoms with Crippen LogP contribution in [0.1, 0.15) is 39.0 Å². The lowest BCUT2D eigenvalue weighted by Crippen LogP contribution is -2.39. The van der Waals surface area contributed by atoms with Crippen LogP contribution in [0.5, 0.6) is 0 Å². The zero-order valence-corrected chi connectivity index (χ0v) is 9.76. The molecule has 2 rings (SSSR count). The lowest BCUT2D eigenvalue weighted by atomic mass is 9.96. The maximum atomic E-state index is 7.41. The Morgan fingerprint density at radius 1 is 1.53 bits per heavy atom. The van der Waals surface area contributed by atoms with Crippen LogP contribution in [0.2, 0.25) is 0 Å². The molecule has 0 spiro atoms. The minimum Gasteiger partial charge on any atom is -0.388 e. The SMILES string of the molecule is CC1CCCN(CC2(CC(=N)N)CC2)C1. The van der Waals surface area contributed by atoms with Crippen molar-refractivity contribution in [1.29, 1.82) is 5.41 Å². The molecule has 1 unspecified atom stereocenters. The van der Waals surface area contributed by atoms with Gasteiger partial charge in [0, 0.05) is 19.5 Å². The van der Waals surface area contributed by atoms with Gasteiger partial charge in [-0.25, -0.2) is 0 Å². The maximum Gasteiger partial charge on any atom is 0.0911 e. The van der Waals surface area contributed by atoms with Crippen LogP contribution in [0.15, 0.2) is 0 Å². The third kappa shape index (κ3) is 2.94. The zero-order valence-electron chi connectivity index (χ0n) is 9.76. The minimum atomic E-state index is 0.373. The fourth-order valence-corrected chi connectivity index (χ4v) is 2.88. The summed E-state index contributed by atoms with van der Waals surface area (Å²) in [5.74, 6) is 1.23. The zero-order chi connectivity index (χ0) is 10.9. The summed E-state index contributed by atoms with van der Waals surface area (Å²) in [6.45, 7) is 6.03. The molecule has 1 atom stereocenters.